The molecule has 8 nitrogen and oxygen atoms in total. The third kappa shape index (κ3) is 6.23. The van der Waals surface area contributed by atoms with Crippen LogP contribution in [0.15, 0.2) is 53.6 Å². The molecule has 0 aliphatic carbocycles. The predicted molar refractivity (Wildman–Crippen MR) is 99.6 cm³/mol. The lowest BCUT2D eigenvalue weighted by Crippen LogP contribution is -2.18. The summed E-state index contributed by atoms with van der Waals surface area (Å²) in [5.74, 6) is 0.598. The van der Waals surface area contributed by atoms with E-state index in [0.29, 0.717) is 24.9 Å². The van der Waals surface area contributed by atoms with Crippen molar-refractivity contribution in [1.29, 1.82) is 0 Å². The number of methoxy groups -OCH3 is 1. The first kappa shape index (κ1) is 18.9. The van der Waals surface area contributed by atoms with E-state index in [4.69, 9.17) is 4.74 Å². The average molecular weight is 356 g/mol. The van der Waals surface area contributed by atoms with Gasteiger partial charge in [0.15, 0.2) is 0 Å². The number of nitro groups is 1. The second-order valence-corrected chi connectivity index (χ2v) is 5.40. The molecule has 0 unspecified atom stereocenters. The van der Waals surface area contributed by atoms with E-state index < -0.39 is 4.92 Å². The second kappa shape index (κ2) is 9.77. The molecule has 0 bridgehead atoms. The highest BCUT2D eigenvalue weighted by atomic mass is 16.6. The monoisotopic (exact) mass is 356 g/mol. The number of carbonyl (C=O) groups excluding carboxylic acids is 1. The number of hydrogen-bond acceptors (Lipinski definition) is 6. The van der Waals surface area contributed by atoms with Gasteiger partial charge in [0.2, 0.25) is 5.91 Å². The van der Waals surface area contributed by atoms with Gasteiger partial charge in [-0.1, -0.05) is 0 Å². The molecule has 0 aliphatic heterocycles. The number of amides is 1. The summed E-state index contributed by atoms with van der Waals surface area (Å²) in [6.07, 6.45) is 2.43. The number of non-ortho nitro benzene ring substituents is 1. The maximum atomic E-state index is 11.7. The Labute approximate surface area is 151 Å². The van der Waals surface area contributed by atoms with Gasteiger partial charge in [-0.15, -0.1) is 0 Å². The van der Waals surface area contributed by atoms with Gasteiger partial charge < -0.3 is 10.1 Å². The summed E-state index contributed by atoms with van der Waals surface area (Å²) in [5.41, 5.74) is 4.07. The van der Waals surface area contributed by atoms with Gasteiger partial charge >= 0.3 is 0 Å². The number of nitro benzene ring substituents is 1. The van der Waals surface area contributed by atoms with Gasteiger partial charge in [-0.25, -0.2) is 5.43 Å². The standard InChI is InChI=1S/C18H20N4O4/c1-26-17-10-6-15(7-11-17)19-12-2-3-18(23)21-20-13-14-4-8-16(9-5-14)22(24)25/h4-11,13,19H,2-3,12H2,1H3,(H,21,23). The minimum absolute atomic E-state index is 0.00976. The molecule has 0 spiro atoms. The van der Waals surface area contributed by atoms with Gasteiger partial charge in [-0.3, -0.25) is 14.9 Å². The van der Waals surface area contributed by atoms with Crippen LogP contribution in [0.2, 0.25) is 0 Å². The largest absolute Gasteiger partial charge is 0.497 e. The fraction of sp³-hybridized carbons (Fsp3) is 0.222. The Balaban J connectivity index is 1.65. The molecule has 1 amide bonds. The normalized spacial score (nSPS) is 10.5. The molecule has 0 heterocycles. The zero-order valence-electron chi connectivity index (χ0n) is 14.3. The van der Waals surface area contributed by atoms with Crippen LogP contribution in [0.25, 0.3) is 0 Å². The van der Waals surface area contributed by atoms with Crippen LogP contribution in [-0.4, -0.2) is 30.7 Å². The molecule has 0 saturated heterocycles. The van der Waals surface area contributed by atoms with Crippen LogP contribution in [0.4, 0.5) is 11.4 Å². The zero-order valence-corrected chi connectivity index (χ0v) is 14.3. The molecule has 0 fully saturated rings. The topological polar surface area (TPSA) is 106 Å². The molecule has 2 rings (SSSR count). The van der Waals surface area contributed by atoms with E-state index in [1.807, 2.05) is 24.3 Å². The molecule has 8 heteroatoms. The number of rotatable bonds is 9. The first-order valence-corrected chi connectivity index (χ1v) is 8.03. The minimum Gasteiger partial charge on any atom is -0.497 e. The molecule has 0 radical (unpaired) electrons. The number of benzene rings is 2. The van der Waals surface area contributed by atoms with Crippen LogP contribution in [0.5, 0.6) is 5.75 Å². The third-order valence-corrected chi connectivity index (χ3v) is 3.51. The Morgan fingerprint density at radius 2 is 1.88 bits per heavy atom. The Hall–Kier alpha value is -3.42. The van der Waals surface area contributed by atoms with E-state index in [9.17, 15) is 14.9 Å². The first-order chi connectivity index (χ1) is 12.6. The lowest BCUT2D eigenvalue weighted by molar-refractivity contribution is -0.384. The Morgan fingerprint density at radius 1 is 1.19 bits per heavy atom. The van der Waals surface area contributed by atoms with Crippen LogP contribution >= 0.6 is 0 Å². The summed E-state index contributed by atoms with van der Waals surface area (Å²) in [5, 5.41) is 17.6. The van der Waals surface area contributed by atoms with Gasteiger partial charge in [-0.05, 0) is 48.4 Å². The predicted octanol–water partition coefficient (Wildman–Crippen LogP) is 2.95. The van der Waals surface area contributed by atoms with Gasteiger partial charge in [0.1, 0.15) is 5.75 Å². The number of hydrazone groups is 1. The van der Waals surface area contributed by atoms with Crippen molar-refractivity contribution in [1.82, 2.24) is 5.43 Å². The van der Waals surface area contributed by atoms with E-state index >= 15 is 0 Å². The van der Waals surface area contributed by atoms with Crippen LogP contribution in [0.3, 0.4) is 0 Å². The number of ether oxygens (including phenoxy) is 1. The number of hydrogen-bond donors (Lipinski definition) is 2. The van der Waals surface area contributed by atoms with Crippen molar-refractivity contribution >= 4 is 23.5 Å². The number of anilines is 1. The fourth-order valence-corrected chi connectivity index (χ4v) is 2.11. The summed E-state index contributed by atoms with van der Waals surface area (Å²) in [7, 11) is 1.62. The smallest absolute Gasteiger partial charge is 0.269 e. The second-order valence-electron chi connectivity index (χ2n) is 5.40. The summed E-state index contributed by atoms with van der Waals surface area (Å²) in [4.78, 5) is 21.8. The molecule has 26 heavy (non-hydrogen) atoms. The minimum atomic E-state index is -0.470. The van der Waals surface area contributed by atoms with E-state index in [1.54, 1.807) is 19.2 Å². The molecule has 2 aromatic rings. The van der Waals surface area contributed by atoms with E-state index in [1.165, 1.54) is 18.3 Å². The van der Waals surface area contributed by atoms with Gasteiger partial charge in [0.25, 0.3) is 5.69 Å². The molecule has 0 atom stereocenters. The summed E-state index contributed by atoms with van der Waals surface area (Å²) < 4.78 is 5.09. The Morgan fingerprint density at radius 3 is 2.50 bits per heavy atom. The summed E-state index contributed by atoms with van der Waals surface area (Å²) in [6, 6.07) is 13.4. The highest BCUT2D eigenvalue weighted by molar-refractivity contribution is 5.82. The lowest BCUT2D eigenvalue weighted by atomic mass is 10.2. The fourth-order valence-electron chi connectivity index (χ4n) is 2.11. The van der Waals surface area contributed by atoms with Crippen molar-refractivity contribution in [2.75, 3.05) is 19.0 Å². The van der Waals surface area contributed by atoms with Gasteiger partial charge in [-0.2, -0.15) is 5.10 Å². The maximum Gasteiger partial charge on any atom is 0.269 e. The number of nitrogens with one attached hydrogen (secondary N) is 2. The zero-order chi connectivity index (χ0) is 18.8. The van der Waals surface area contributed by atoms with Crippen molar-refractivity contribution in [2.45, 2.75) is 12.8 Å². The van der Waals surface area contributed by atoms with E-state index in [-0.39, 0.29) is 11.6 Å². The van der Waals surface area contributed by atoms with Crippen LogP contribution in [0.1, 0.15) is 18.4 Å². The summed E-state index contributed by atoms with van der Waals surface area (Å²) in [6.45, 7) is 0.659. The van der Waals surface area contributed by atoms with E-state index in [2.05, 4.69) is 15.8 Å². The third-order valence-electron chi connectivity index (χ3n) is 3.51. The average Bonchev–Trinajstić information content (AvgIpc) is 2.66. The maximum absolute atomic E-state index is 11.7. The van der Waals surface area contributed by atoms with Gasteiger partial charge in [0.05, 0.1) is 18.2 Å². The number of carbonyl (C=O) groups is 1. The van der Waals surface area contributed by atoms with Crippen LogP contribution in [0, 0.1) is 10.1 Å². The quantitative estimate of drug-likeness (QED) is 0.311. The highest BCUT2D eigenvalue weighted by Crippen LogP contribution is 2.15. The van der Waals surface area contributed by atoms with Crippen molar-refractivity contribution in [3.05, 3.63) is 64.2 Å². The SMILES string of the molecule is COc1ccc(NCCCC(=O)NN=Cc2ccc([N+](=O)[O-])cc2)cc1. The molecule has 2 N–H and O–H groups in total. The van der Waals surface area contributed by atoms with Crippen molar-refractivity contribution < 1.29 is 14.5 Å². The lowest BCUT2D eigenvalue weighted by Gasteiger charge is -2.06. The molecular weight excluding hydrogens is 336 g/mol. The molecular formula is C18H20N4O4. The van der Waals surface area contributed by atoms with Crippen molar-refractivity contribution in [3.8, 4) is 5.75 Å². The Kier molecular flexibility index (Phi) is 7.11. The molecule has 2 aromatic carbocycles. The van der Waals surface area contributed by atoms with Crippen molar-refractivity contribution in [3.63, 3.8) is 0 Å². The molecule has 136 valence electrons. The van der Waals surface area contributed by atoms with Crippen LogP contribution in [-0.2, 0) is 4.79 Å². The molecule has 0 aliphatic rings. The van der Waals surface area contributed by atoms with E-state index in [0.717, 1.165) is 11.4 Å². The van der Waals surface area contributed by atoms with Gasteiger partial charge in [0, 0.05) is 30.8 Å². The summed E-state index contributed by atoms with van der Waals surface area (Å²) >= 11 is 0. The Bertz CT molecular complexity index is 758. The van der Waals surface area contributed by atoms with Crippen LogP contribution < -0.4 is 15.5 Å². The molecule has 0 saturated carbocycles. The molecule has 0 aromatic heterocycles. The van der Waals surface area contributed by atoms with Crippen molar-refractivity contribution in [2.24, 2.45) is 5.10 Å². The number of nitrogens with zero attached hydrogens (tertiary/aromatic N) is 2. The highest BCUT2D eigenvalue weighted by Gasteiger charge is 2.03. The first-order valence-electron chi connectivity index (χ1n) is 8.03.